The lowest BCUT2D eigenvalue weighted by atomic mass is 9.83. The smallest absolute Gasteiger partial charge is 0.279 e. The summed E-state index contributed by atoms with van der Waals surface area (Å²) < 4.78 is 0. The third-order valence-corrected chi connectivity index (χ3v) is 3.72. The second-order valence-corrected chi connectivity index (χ2v) is 4.49. The average Bonchev–Trinajstić information content (AvgIpc) is 2.34. The zero-order valence-corrected chi connectivity index (χ0v) is 7.38. The standard InChI is InChI=1S/C8H13NOS/c10-7-9-8(6-11-7)4-2-1-3-5-8/h1-6H2,(H,9,10). The third kappa shape index (κ3) is 1.39. The Labute approximate surface area is 71.1 Å². The number of hydrogen-bond donors (Lipinski definition) is 1. The Morgan fingerprint density at radius 3 is 2.55 bits per heavy atom. The van der Waals surface area contributed by atoms with Crippen molar-refractivity contribution in [2.75, 3.05) is 5.75 Å². The van der Waals surface area contributed by atoms with Gasteiger partial charge in [-0.25, -0.2) is 0 Å². The van der Waals surface area contributed by atoms with Crippen LogP contribution in [0, 0.1) is 0 Å². The van der Waals surface area contributed by atoms with Crippen molar-refractivity contribution in [2.24, 2.45) is 0 Å². The Bertz CT molecular complexity index is 175. The van der Waals surface area contributed by atoms with Crippen LogP contribution in [0.15, 0.2) is 0 Å². The number of amides is 1. The Kier molecular flexibility index (Phi) is 1.83. The third-order valence-electron chi connectivity index (χ3n) is 2.66. The highest BCUT2D eigenvalue weighted by atomic mass is 32.2. The van der Waals surface area contributed by atoms with Gasteiger partial charge in [-0.15, -0.1) is 0 Å². The van der Waals surface area contributed by atoms with Crippen LogP contribution in [0.4, 0.5) is 4.79 Å². The summed E-state index contributed by atoms with van der Waals surface area (Å²) in [6, 6.07) is 0. The summed E-state index contributed by atoms with van der Waals surface area (Å²) in [5.41, 5.74) is 0.208. The van der Waals surface area contributed by atoms with Gasteiger partial charge in [-0.3, -0.25) is 4.79 Å². The molecule has 1 saturated carbocycles. The molecule has 2 fully saturated rings. The topological polar surface area (TPSA) is 29.1 Å². The first-order valence-electron chi connectivity index (χ1n) is 4.26. The van der Waals surface area contributed by atoms with Crippen LogP contribution in [0.1, 0.15) is 32.1 Å². The molecular weight excluding hydrogens is 158 g/mol. The first-order valence-corrected chi connectivity index (χ1v) is 5.24. The summed E-state index contributed by atoms with van der Waals surface area (Å²) in [4.78, 5) is 11.0. The number of rotatable bonds is 0. The number of thioether (sulfide) groups is 1. The van der Waals surface area contributed by atoms with E-state index in [2.05, 4.69) is 5.32 Å². The molecule has 3 heteroatoms. The summed E-state index contributed by atoms with van der Waals surface area (Å²) in [6.45, 7) is 0. The summed E-state index contributed by atoms with van der Waals surface area (Å²) in [6.07, 6.45) is 6.33. The zero-order valence-electron chi connectivity index (χ0n) is 6.56. The molecule has 1 heterocycles. The molecule has 2 aliphatic rings. The predicted molar refractivity (Wildman–Crippen MR) is 46.8 cm³/mol. The minimum Gasteiger partial charge on any atom is -0.341 e. The van der Waals surface area contributed by atoms with Crippen LogP contribution >= 0.6 is 11.8 Å². The van der Waals surface area contributed by atoms with E-state index in [0.29, 0.717) is 0 Å². The van der Waals surface area contributed by atoms with Gasteiger partial charge in [0, 0.05) is 5.75 Å². The van der Waals surface area contributed by atoms with Gasteiger partial charge < -0.3 is 5.32 Å². The molecule has 0 radical (unpaired) electrons. The van der Waals surface area contributed by atoms with E-state index in [0.717, 1.165) is 5.75 Å². The van der Waals surface area contributed by atoms with Gasteiger partial charge in [-0.2, -0.15) is 0 Å². The van der Waals surface area contributed by atoms with Gasteiger partial charge in [-0.1, -0.05) is 31.0 Å². The van der Waals surface area contributed by atoms with Crippen molar-refractivity contribution < 1.29 is 4.79 Å². The van der Waals surface area contributed by atoms with E-state index in [9.17, 15) is 4.79 Å². The zero-order chi connectivity index (χ0) is 7.73. The van der Waals surface area contributed by atoms with E-state index >= 15 is 0 Å². The van der Waals surface area contributed by atoms with Gasteiger partial charge in [0.1, 0.15) is 0 Å². The first kappa shape index (κ1) is 7.47. The maximum atomic E-state index is 11.0. The van der Waals surface area contributed by atoms with Gasteiger partial charge in [0.2, 0.25) is 0 Å². The predicted octanol–water partition coefficient (Wildman–Crippen LogP) is 2.15. The van der Waals surface area contributed by atoms with Crippen molar-refractivity contribution in [1.29, 1.82) is 0 Å². The van der Waals surface area contributed by atoms with Crippen LogP contribution < -0.4 is 5.32 Å². The van der Waals surface area contributed by atoms with Gasteiger partial charge >= 0.3 is 0 Å². The molecule has 1 N–H and O–H groups in total. The normalized spacial score (nSPS) is 28.9. The molecule has 0 bridgehead atoms. The molecule has 11 heavy (non-hydrogen) atoms. The maximum Gasteiger partial charge on any atom is 0.279 e. The molecule has 2 rings (SSSR count). The summed E-state index contributed by atoms with van der Waals surface area (Å²) >= 11 is 1.45. The van der Waals surface area contributed by atoms with E-state index in [1.807, 2.05) is 0 Å². The number of nitrogens with one attached hydrogen (secondary N) is 1. The molecule has 0 aromatic heterocycles. The van der Waals surface area contributed by atoms with Crippen molar-refractivity contribution in [3.63, 3.8) is 0 Å². The molecule has 1 spiro atoms. The van der Waals surface area contributed by atoms with E-state index in [1.165, 1.54) is 43.9 Å². The molecular formula is C8H13NOS. The quantitative estimate of drug-likeness (QED) is 0.605. The van der Waals surface area contributed by atoms with Gasteiger partial charge in [0.15, 0.2) is 0 Å². The summed E-state index contributed by atoms with van der Waals surface area (Å²) in [5, 5.41) is 3.28. The molecule has 62 valence electrons. The fourth-order valence-corrected chi connectivity index (χ4v) is 3.05. The minimum absolute atomic E-state index is 0.187. The van der Waals surface area contributed by atoms with Crippen LogP contribution in [-0.4, -0.2) is 16.5 Å². The molecule has 0 aromatic carbocycles. The van der Waals surface area contributed by atoms with E-state index in [-0.39, 0.29) is 10.8 Å². The van der Waals surface area contributed by atoms with Crippen molar-refractivity contribution >= 4 is 17.0 Å². The van der Waals surface area contributed by atoms with Gasteiger partial charge in [0.25, 0.3) is 5.24 Å². The van der Waals surface area contributed by atoms with Crippen LogP contribution in [0.2, 0.25) is 0 Å². The van der Waals surface area contributed by atoms with Gasteiger partial charge in [0.05, 0.1) is 5.54 Å². The van der Waals surface area contributed by atoms with Crippen molar-refractivity contribution in [3.8, 4) is 0 Å². The molecule has 2 nitrogen and oxygen atoms in total. The Balaban J connectivity index is 2.03. The highest BCUT2D eigenvalue weighted by Gasteiger charge is 2.38. The first-order chi connectivity index (χ1) is 5.31. The monoisotopic (exact) mass is 171 g/mol. The van der Waals surface area contributed by atoms with E-state index in [4.69, 9.17) is 0 Å². The molecule has 0 unspecified atom stereocenters. The van der Waals surface area contributed by atoms with E-state index in [1.54, 1.807) is 0 Å². The molecule has 1 aliphatic heterocycles. The highest BCUT2D eigenvalue weighted by molar-refractivity contribution is 8.14. The Morgan fingerprint density at radius 1 is 1.27 bits per heavy atom. The fourth-order valence-electron chi connectivity index (χ4n) is 1.99. The SMILES string of the molecule is O=C1NC2(CCCCC2)CS1. The second-order valence-electron chi connectivity index (χ2n) is 3.54. The van der Waals surface area contributed by atoms with Gasteiger partial charge in [-0.05, 0) is 12.8 Å². The minimum atomic E-state index is 0.187. The lowest BCUT2D eigenvalue weighted by Gasteiger charge is -2.32. The number of carbonyl (C=O) groups is 1. The molecule has 1 saturated heterocycles. The second kappa shape index (κ2) is 2.70. The maximum absolute atomic E-state index is 11.0. The van der Waals surface area contributed by atoms with Crippen LogP contribution in [0.5, 0.6) is 0 Å². The lowest BCUT2D eigenvalue weighted by molar-refractivity contribution is 0.238. The van der Waals surface area contributed by atoms with Crippen molar-refractivity contribution in [3.05, 3.63) is 0 Å². The summed E-state index contributed by atoms with van der Waals surface area (Å²) in [5.74, 6) is 1.01. The highest BCUT2D eigenvalue weighted by Crippen LogP contribution is 2.35. The van der Waals surface area contributed by atoms with Crippen molar-refractivity contribution in [1.82, 2.24) is 5.32 Å². The molecule has 0 aromatic rings. The lowest BCUT2D eigenvalue weighted by Crippen LogP contribution is -2.44. The fraction of sp³-hybridized carbons (Fsp3) is 0.875. The van der Waals surface area contributed by atoms with E-state index < -0.39 is 0 Å². The Hall–Kier alpha value is -0.180. The Morgan fingerprint density at radius 2 is 2.00 bits per heavy atom. The molecule has 0 atom stereocenters. The van der Waals surface area contributed by atoms with Crippen molar-refractivity contribution in [2.45, 2.75) is 37.6 Å². The van der Waals surface area contributed by atoms with Crippen LogP contribution in [0.25, 0.3) is 0 Å². The van der Waals surface area contributed by atoms with Crippen LogP contribution in [0.3, 0.4) is 0 Å². The average molecular weight is 171 g/mol. The molecule has 1 aliphatic carbocycles. The van der Waals surface area contributed by atoms with Crippen LogP contribution in [-0.2, 0) is 0 Å². The number of carbonyl (C=O) groups excluding carboxylic acids is 1. The summed E-state index contributed by atoms with van der Waals surface area (Å²) in [7, 11) is 0. The number of hydrogen-bond acceptors (Lipinski definition) is 2. The molecule has 1 amide bonds. The largest absolute Gasteiger partial charge is 0.341 e.